The zero-order valence-electron chi connectivity index (χ0n) is 10.8. The fourth-order valence-electron chi connectivity index (χ4n) is 2.41. The van der Waals surface area contributed by atoms with Gasteiger partial charge in [0, 0.05) is 12.2 Å². The van der Waals surface area contributed by atoms with Crippen molar-refractivity contribution >= 4 is 11.6 Å². The van der Waals surface area contributed by atoms with Crippen LogP contribution in [0.5, 0.6) is 0 Å². The van der Waals surface area contributed by atoms with Crippen LogP contribution in [0.15, 0.2) is 34.9 Å². The first-order valence-electron chi connectivity index (χ1n) is 6.42. The summed E-state index contributed by atoms with van der Waals surface area (Å²) >= 11 is 0. The predicted molar refractivity (Wildman–Crippen MR) is 73.3 cm³/mol. The van der Waals surface area contributed by atoms with E-state index < -0.39 is 0 Å². The summed E-state index contributed by atoms with van der Waals surface area (Å²) < 4.78 is 5.17. The van der Waals surface area contributed by atoms with Gasteiger partial charge in [-0.3, -0.25) is 4.79 Å². The highest BCUT2D eigenvalue weighted by Crippen LogP contribution is 2.23. The lowest BCUT2D eigenvalue weighted by atomic mass is 9.99. The van der Waals surface area contributed by atoms with E-state index in [-0.39, 0.29) is 5.91 Å². The summed E-state index contributed by atoms with van der Waals surface area (Å²) in [7, 11) is 0. The Balaban J connectivity index is 1.85. The lowest BCUT2D eigenvalue weighted by Crippen LogP contribution is -2.25. The predicted octanol–water partition coefficient (Wildman–Crippen LogP) is 2.49. The Morgan fingerprint density at radius 3 is 3.11 bits per heavy atom. The quantitative estimate of drug-likeness (QED) is 0.868. The van der Waals surface area contributed by atoms with Gasteiger partial charge in [0.25, 0.3) is 5.91 Å². The molecule has 0 saturated carbocycles. The Morgan fingerprint density at radius 2 is 2.32 bits per heavy atom. The maximum Gasteiger partial charge on any atom is 0.258 e. The molecular formula is C15H16N2O2. The van der Waals surface area contributed by atoms with Crippen molar-refractivity contribution in [3.63, 3.8) is 0 Å². The topological polar surface area (TPSA) is 54.3 Å². The van der Waals surface area contributed by atoms with Crippen molar-refractivity contribution < 1.29 is 9.21 Å². The summed E-state index contributed by atoms with van der Waals surface area (Å²) in [6.45, 7) is 3.64. The van der Waals surface area contributed by atoms with Crippen molar-refractivity contribution in [1.29, 1.82) is 0 Å². The molecule has 98 valence electrons. The van der Waals surface area contributed by atoms with Crippen molar-refractivity contribution in [3.8, 4) is 0 Å². The van der Waals surface area contributed by atoms with Gasteiger partial charge in [0.1, 0.15) is 12.0 Å². The van der Waals surface area contributed by atoms with E-state index in [4.69, 9.17) is 4.42 Å². The monoisotopic (exact) mass is 256 g/mol. The minimum Gasteiger partial charge on any atom is -0.469 e. The average molecular weight is 256 g/mol. The Labute approximate surface area is 111 Å². The molecule has 1 aromatic heterocycles. The van der Waals surface area contributed by atoms with Crippen LogP contribution in [-0.4, -0.2) is 12.5 Å². The largest absolute Gasteiger partial charge is 0.469 e. The maximum atomic E-state index is 12.1. The van der Waals surface area contributed by atoms with Crippen molar-refractivity contribution in [3.05, 3.63) is 53.0 Å². The number of anilines is 1. The van der Waals surface area contributed by atoms with Crippen molar-refractivity contribution in [1.82, 2.24) is 5.32 Å². The molecule has 3 rings (SSSR count). The second-order valence-corrected chi connectivity index (χ2v) is 4.77. The second kappa shape index (κ2) is 4.90. The van der Waals surface area contributed by atoms with Gasteiger partial charge >= 0.3 is 0 Å². The molecule has 0 atom stereocenters. The fourth-order valence-corrected chi connectivity index (χ4v) is 2.41. The molecule has 4 heteroatoms. The SMILES string of the molecule is Cc1cc(C(=O)Nc2cccc3c2CCNC3)co1. The molecule has 0 aliphatic carbocycles. The van der Waals surface area contributed by atoms with Crippen molar-refractivity contribution in [2.75, 3.05) is 11.9 Å². The van der Waals surface area contributed by atoms with E-state index in [1.165, 1.54) is 17.4 Å². The zero-order valence-corrected chi connectivity index (χ0v) is 10.8. The maximum absolute atomic E-state index is 12.1. The van der Waals surface area contributed by atoms with Gasteiger partial charge in [-0.25, -0.2) is 0 Å². The molecule has 0 fully saturated rings. The number of hydrogen-bond donors (Lipinski definition) is 2. The van der Waals surface area contributed by atoms with E-state index in [1.54, 1.807) is 6.07 Å². The Hall–Kier alpha value is -2.07. The second-order valence-electron chi connectivity index (χ2n) is 4.77. The van der Waals surface area contributed by atoms with Crippen LogP contribution in [0.3, 0.4) is 0 Å². The van der Waals surface area contributed by atoms with Gasteiger partial charge in [0.2, 0.25) is 0 Å². The summed E-state index contributed by atoms with van der Waals surface area (Å²) in [6, 6.07) is 7.77. The van der Waals surface area contributed by atoms with Gasteiger partial charge in [-0.1, -0.05) is 12.1 Å². The van der Waals surface area contributed by atoms with Gasteiger partial charge in [-0.2, -0.15) is 0 Å². The molecule has 1 aromatic carbocycles. The number of carbonyl (C=O) groups excluding carboxylic acids is 1. The van der Waals surface area contributed by atoms with E-state index >= 15 is 0 Å². The minimum atomic E-state index is -0.121. The van der Waals surface area contributed by atoms with E-state index in [0.29, 0.717) is 5.56 Å². The first-order valence-corrected chi connectivity index (χ1v) is 6.42. The number of fused-ring (bicyclic) bond motifs is 1. The molecule has 0 unspecified atom stereocenters. The van der Waals surface area contributed by atoms with Gasteiger partial charge in [0.05, 0.1) is 5.56 Å². The normalized spacial score (nSPS) is 13.9. The highest BCUT2D eigenvalue weighted by Gasteiger charge is 2.15. The molecule has 0 radical (unpaired) electrons. The number of aryl methyl sites for hydroxylation is 1. The summed E-state index contributed by atoms with van der Waals surface area (Å²) in [5.41, 5.74) is 3.95. The third kappa shape index (κ3) is 2.39. The van der Waals surface area contributed by atoms with E-state index in [1.807, 2.05) is 19.1 Å². The van der Waals surface area contributed by atoms with Crippen LogP contribution in [0.25, 0.3) is 0 Å². The van der Waals surface area contributed by atoms with Gasteiger partial charge in [-0.15, -0.1) is 0 Å². The highest BCUT2D eigenvalue weighted by atomic mass is 16.3. The number of furan rings is 1. The highest BCUT2D eigenvalue weighted by molar-refractivity contribution is 6.04. The molecule has 0 bridgehead atoms. The smallest absolute Gasteiger partial charge is 0.258 e. The van der Waals surface area contributed by atoms with Crippen molar-refractivity contribution in [2.45, 2.75) is 19.9 Å². The zero-order chi connectivity index (χ0) is 13.2. The molecule has 1 aliphatic heterocycles. The van der Waals surface area contributed by atoms with Crippen LogP contribution >= 0.6 is 0 Å². The van der Waals surface area contributed by atoms with Crippen LogP contribution in [0.4, 0.5) is 5.69 Å². The third-order valence-electron chi connectivity index (χ3n) is 3.38. The fraction of sp³-hybridized carbons (Fsp3) is 0.267. The molecule has 2 heterocycles. The molecule has 1 amide bonds. The molecule has 1 aliphatic rings. The Kier molecular flexibility index (Phi) is 3.09. The molecule has 0 saturated heterocycles. The minimum absolute atomic E-state index is 0.121. The first kappa shape index (κ1) is 12.0. The average Bonchev–Trinajstić information content (AvgIpc) is 2.86. The number of carbonyl (C=O) groups is 1. The lowest BCUT2D eigenvalue weighted by Gasteiger charge is -2.20. The number of amides is 1. The van der Waals surface area contributed by atoms with E-state index in [9.17, 15) is 4.79 Å². The number of nitrogens with one attached hydrogen (secondary N) is 2. The lowest BCUT2D eigenvalue weighted by molar-refractivity contribution is 0.102. The third-order valence-corrected chi connectivity index (χ3v) is 3.38. The van der Waals surface area contributed by atoms with E-state index in [2.05, 4.69) is 16.7 Å². The molecule has 2 N–H and O–H groups in total. The van der Waals surface area contributed by atoms with Gasteiger partial charge in [0.15, 0.2) is 0 Å². The van der Waals surface area contributed by atoms with Crippen LogP contribution in [0.1, 0.15) is 27.2 Å². The van der Waals surface area contributed by atoms with E-state index in [0.717, 1.165) is 31.0 Å². The molecule has 19 heavy (non-hydrogen) atoms. The summed E-state index contributed by atoms with van der Waals surface area (Å²) in [5.74, 6) is 0.619. The molecule has 2 aromatic rings. The Bertz CT molecular complexity index is 616. The summed E-state index contributed by atoms with van der Waals surface area (Å²) in [4.78, 5) is 12.1. The molecule has 0 spiro atoms. The standard InChI is InChI=1S/C15H16N2O2/c1-10-7-12(9-19-10)15(18)17-14-4-2-3-11-8-16-6-5-13(11)14/h2-4,7,9,16H,5-6,8H2,1H3,(H,17,18). The van der Waals surface area contributed by atoms with Gasteiger partial charge in [-0.05, 0) is 43.1 Å². The number of benzene rings is 1. The summed E-state index contributed by atoms with van der Waals surface area (Å²) in [5, 5.41) is 6.30. The Morgan fingerprint density at radius 1 is 1.42 bits per heavy atom. The van der Waals surface area contributed by atoms with Gasteiger partial charge < -0.3 is 15.1 Å². The summed E-state index contributed by atoms with van der Waals surface area (Å²) in [6.07, 6.45) is 2.43. The van der Waals surface area contributed by atoms with Crippen LogP contribution in [0, 0.1) is 6.92 Å². The van der Waals surface area contributed by atoms with Crippen LogP contribution in [0.2, 0.25) is 0 Å². The van der Waals surface area contributed by atoms with Crippen molar-refractivity contribution in [2.24, 2.45) is 0 Å². The first-order chi connectivity index (χ1) is 9.24. The van der Waals surface area contributed by atoms with Crippen LogP contribution < -0.4 is 10.6 Å². The molecular weight excluding hydrogens is 240 g/mol. The molecule has 4 nitrogen and oxygen atoms in total. The van der Waals surface area contributed by atoms with Crippen LogP contribution in [-0.2, 0) is 13.0 Å². The number of hydrogen-bond acceptors (Lipinski definition) is 3. The number of rotatable bonds is 2.